The minimum Gasteiger partial charge on any atom is -0.455 e. The van der Waals surface area contributed by atoms with Gasteiger partial charge in [0, 0.05) is 11.5 Å². The van der Waals surface area contributed by atoms with Gasteiger partial charge in [-0.25, -0.2) is 4.79 Å². The number of anilines is 1. The highest BCUT2D eigenvalue weighted by Gasteiger charge is 2.45. The van der Waals surface area contributed by atoms with Crippen molar-refractivity contribution in [1.82, 2.24) is 4.98 Å². The van der Waals surface area contributed by atoms with E-state index >= 15 is 0 Å². The molecule has 0 spiro atoms. The molecule has 0 amide bonds. The van der Waals surface area contributed by atoms with Gasteiger partial charge in [-0.15, -0.1) is 0 Å². The van der Waals surface area contributed by atoms with Gasteiger partial charge in [-0.2, -0.15) is 0 Å². The zero-order valence-corrected chi connectivity index (χ0v) is 14.1. The second-order valence-electron chi connectivity index (χ2n) is 7.30. The highest BCUT2D eigenvalue weighted by Crippen LogP contribution is 2.50. The number of esters is 1. The predicted octanol–water partition coefficient (Wildman–Crippen LogP) is 3.75. The fraction of sp³-hybridized carbons (Fsp3) is 0.500. The van der Waals surface area contributed by atoms with Gasteiger partial charge in [-0.3, -0.25) is 4.98 Å². The van der Waals surface area contributed by atoms with Crippen LogP contribution in [0.1, 0.15) is 44.7 Å². The second-order valence-corrected chi connectivity index (χ2v) is 7.30. The number of carbonyl (C=O) groups excluding carboxylic acids is 1. The Morgan fingerprint density at radius 3 is 2.92 bits per heavy atom. The number of cyclic esters (lactones) is 1. The number of ether oxygens (including phenoxy) is 1. The molecule has 0 saturated heterocycles. The van der Waals surface area contributed by atoms with Crippen molar-refractivity contribution in [1.29, 1.82) is 0 Å². The maximum atomic E-state index is 12.2. The lowest BCUT2D eigenvalue weighted by Crippen LogP contribution is -2.33. The summed E-state index contributed by atoms with van der Waals surface area (Å²) >= 11 is 0. The molecule has 4 atom stereocenters. The summed E-state index contributed by atoms with van der Waals surface area (Å²) in [5, 5.41) is 0. The van der Waals surface area contributed by atoms with Crippen LogP contribution in [0.25, 0.3) is 6.08 Å². The second kappa shape index (κ2) is 6.08. The fourth-order valence-electron chi connectivity index (χ4n) is 4.75. The van der Waals surface area contributed by atoms with Gasteiger partial charge in [0.15, 0.2) is 0 Å². The smallest absolute Gasteiger partial charge is 0.334 e. The van der Waals surface area contributed by atoms with Crippen molar-refractivity contribution in [3.63, 3.8) is 0 Å². The fourth-order valence-corrected chi connectivity index (χ4v) is 4.75. The van der Waals surface area contributed by atoms with Gasteiger partial charge in [0.2, 0.25) is 0 Å². The van der Waals surface area contributed by atoms with Crippen molar-refractivity contribution >= 4 is 17.7 Å². The maximum absolute atomic E-state index is 12.2. The normalized spacial score (nSPS) is 32.6. The average molecular weight is 324 g/mol. The van der Waals surface area contributed by atoms with Crippen molar-refractivity contribution in [3.05, 3.63) is 41.2 Å². The molecule has 0 radical (unpaired) electrons. The van der Waals surface area contributed by atoms with E-state index in [1.807, 2.05) is 19.1 Å². The Balaban J connectivity index is 1.69. The van der Waals surface area contributed by atoms with Crippen LogP contribution in [0.4, 0.5) is 5.69 Å². The lowest BCUT2D eigenvalue weighted by Gasteiger charge is -2.40. The Bertz CT molecular complexity index is 705. The number of fused-ring (bicyclic) bond motifs is 1. The van der Waals surface area contributed by atoms with Crippen LogP contribution in [0.3, 0.4) is 0 Å². The molecule has 0 bridgehead atoms. The Hall–Kier alpha value is -2.10. The van der Waals surface area contributed by atoms with Crippen molar-refractivity contribution in [3.8, 4) is 0 Å². The molecule has 0 aromatic carbocycles. The molecule has 3 aliphatic rings. The van der Waals surface area contributed by atoms with Crippen molar-refractivity contribution in [2.24, 2.45) is 17.8 Å². The van der Waals surface area contributed by atoms with Crippen LogP contribution in [0.2, 0.25) is 0 Å². The lowest BCUT2D eigenvalue weighted by molar-refractivity contribution is -0.139. The van der Waals surface area contributed by atoms with Crippen LogP contribution < -0.4 is 5.73 Å². The summed E-state index contributed by atoms with van der Waals surface area (Å²) in [5.41, 5.74) is 9.45. The van der Waals surface area contributed by atoms with Gasteiger partial charge in [-0.1, -0.05) is 18.9 Å². The number of nitrogens with zero attached hydrogens (tertiary/aromatic N) is 1. The molecule has 2 aliphatic carbocycles. The molecule has 1 fully saturated rings. The summed E-state index contributed by atoms with van der Waals surface area (Å²) in [5.74, 6) is 1.44. The van der Waals surface area contributed by atoms with Crippen molar-refractivity contribution in [2.75, 3.05) is 5.73 Å². The van der Waals surface area contributed by atoms with Gasteiger partial charge >= 0.3 is 5.97 Å². The van der Waals surface area contributed by atoms with Crippen LogP contribution in [0.15, 0.2) is 35.6 Å². The SMILES string of the molecule is C[C@H]1OC(=O)C2=C1[C@@H](/C=C/c1ccc(N)cn1)[C@@H]1CCCC[C@H]1C2. The third-order valence-electron chi connectivity index (χ3n) is 5.85. The number of hydrogen-bond donors (Lipinski definition) is 1. The van der Waals surface area contributed by atoms with E-state index in [4.69, 9.17) is 10.5 Å². The number of nitrogen functional groups attached to an aromatic ring is 1. The monoisotopic (exact) mass is 324 g/mol. The average Bonchev–Trinajstić information content (AvgIpc) is 2.87. The predicted molar refractivity (Wildman–Crippen MR) is 93.8 cm³/mol. The largest absolute Gasteiger partial charge is 0.455 e. The van der Waals surface area contributed by atoms with Crippen molar-refractivity contribution in [2.45, 2.75) is 45.1 Å². The Kier molecular flexibility index (Phi) is 3.91. The number of nitrogens with two attached hydrogens (primary N) is 1. The number of hydrogen-bond acceptors (Lipinski definition) is 4. The quantitative estimate of drug-likeness (QED) is 0.842. The van der Waals surface area contributed by atoms with Gasteiger partial charge in [-0.05, 0) is 61.8 Å². The van der Waals surface area contributed by atoms with E-state index in [2.05, 4.69) is 17.1 Å². The molecule has 24 heavy (non-hydrogen) atoms. The first kappa shape index (κ1) is 15.4. The van der Waals surface area contributed by atoms with Gasteiger partial charge in [0.25, 0.3) is 0 Å². The molecule has 0 unspecified atom stereocenters. The summed E-state index contributed by atoms with van der Waals surface area (Å²) in [6.45, 7) is 2.01. The molecule has 126 valence electrons. The first-order chi connectivity index (χ1) is 11.6. The first-order valence-electron chi connectivity index (χ1n) is 8.97. The zero-order chi connectivity index (χ0) is 16.7. The highest BCUT2D eigenvalue weighted by molar-refractivity contribution is 5.93. The number of allylic oxidation sites excluding steroid dienone is 1. The van der Waals surface area contributed by atoms with Crippen LogP contribution in [0.5, 0.6) is 0 Å². The zero-order valence-electron chi connectivity index (χ0n) is 14.1. The third kappa shape index (κ3) is 2.64. The lowest BCUT2D eigenvalue weighted by atomic mass is 9.63. The summed E-state index contributed by atoms with van der Waals surface area (Å²) < 4.78 is 5.53. The van der Waals surface area contributed by atoms with E-state index < -0.39 is 0 Å². The van der Waals surface area contributed by atoms with E-state index in [1.54, 1.807) is 6.20 Å². The third-order valence-corrected chi connectivity index (χ3v) is 5.85. The van der Waals surface area contributed by atoms with Crippen LogP contribution in [-0.2, 0) is 9.53 Å². The van der Waals surface area contributed by atoms with Gasteiger partial charge in [0.1, 0.15) is 6.10 Å². The Morgan fingerprint density at radius 1 is 1.29 bits per heavy atom. The van der Waals surface area contributed by atoms with E-state index in [-0.39, 0.29) is 12.1 Å². The number of aromatic nitrogens is 1. The molecule has 4 rings (SSSR count). The number of rotatable bonds is 2. The van der Waals surface area contributed by atoms with E-state index in [9.17, 15) is 4.79 Å². The summed E-state index contributed by atoms with van der Waals surface area (Å²) in [6.07, 6.45) is 11.9. The van der Waals surface area contributed by atoms with Gasteiger partial charge in [0.05, 0.1) is 17.6 Å². The summed E-state index contributed by atoms with van der Waals surface area (Å²) in [6, 6.07) is 3.80. The first-order valence-corrected chi connectivity index (χ1v) is 8.97. The molecular formula is C20H24N2O2. The highest BCUT2D eigenvalue weighted by atomic mass is 16.5. The molecule has 1 aliphatic heterocycles. The Labute approximate surface area is 142 Å². The molecule has 1 aromatic heterocycles. The van der Waals surface area contributed by atoms with E-state index in [1.165, 1.54) is 31.3 Å². The molecule has 1 aromatic rings. The Morgan fingerprint density at radius 2 is 2.12 bits per heavy atom. The van der Waals surface area contributed by atoms with Gasteiger partial charge < -0.3 is 10.5 Å². The minimum absolute atomic E-state index is 0.0921. The van der Waals surface area contributed by atoms with Crippen LogP contribution in [-0.4, -0.2) is 17.1 Å². The summed E-state index contributed by atoms with van der Waals surface area (Å²) in [7, 11) is 0. The number of pyridine rings is 1. The van der Waals surface area contributed by atoms with E-state index in [0.29, 0.717) is 23.4 Å². The molecule has 2 heterocycles. The van der Waals surface area contributed by atoms with Crippen LogP contribution >= 0.6 is 0 Å². The topological polar surface area (TPSA) is 65.2 Å². The van der Waals surface area contributed by atoms with E-state index in [0.717, 1.165) is 17.7 Å². The minimum atomic E-state index is -0.0931. The summed E-state index contributed by atoms with van der Waals surface area (Å²) in [4.78, 5) is 16.6. The molecule has 4 heteroatoms. The molecular weight excluding hydrogens is 300 g/mol. The maximum Gasteiger partial charge on any atom is 0.334 e. The number of carbonyl (C=O) groups is 1. The molecule has 2 N–H and O–H groups in total. The molecule has 4 nitrogen and oxygen atoms in total. The molecule has 1 saturated carbocycles. The van der Waals surface area contributed by atoms with Crippen molar-refractivity contribution < 1.29 is 9.53 Å². The standard InChI is InChI=1S/C20H24N2O2/c1-12-19-17(9-8-15-7-6-14(21)11-22-15)16-5-3-2-4-13(16)10-18(19)20(23)24-12/h6-9,11-13,16-17H,2-5,10,21H2,1H3/b9-8+/t12-,13+,16-,17+/m1/s1. The van der Waals surface area contributed by atoms with Crippen LogP contribution in [0, 0.1) is 17.8 Å².